The van der Waals surface area contributed by atoms with Crippen molar-refractivity contribution in [3.05, 3.63) is 142 Å². The number of imide groups is 2. The number of benzene rings is 8. The fourth-order valence-corrected chi connectivity index (χ4v) is 20.7. The Bertz CT molecular complexity index is 4980. The molecule has 8 aromatic carbocycles. The number of hydrogen-bond acceptors (Lipinski definition) is 12. The van der Waals surface area contributed by atoms with Gasteiger partial charge < -0.3 is 0 Å². The minimum absolute atomic E-state index is 0.0327. The van der Waals surface area contributed by atoms with E-state index in [-0.39, 0.29) is 79.7 Å². The van der Waals surface area contributed by atoms with Gasteiger partial charge in [0.05, 0.1) is 67.6 Å². The molecule has 0 radical (unpaired) electrons. The molecule has 10 nitrogen and oxygen atoms in total. The Kier molecular flexibility index (Phi) is 17.6. The zero-order valence-electron chi connectivity index (χ0n) is 58.0. The second kappa shape index (κ2) is 26.6. The van der Waals surface area contributed by atoms with Crippen molar-refractivity contribution in [2.75, 3.05) is 0 Å². The van der Waals surface area contributed by atoms with E-state index in [1.807, 2.05) is 38.1 Å². The van der Waals surface area contributed by atoms with E-state index in [0.29, 0.717) is 43.8 Å². The number of thiophene rings is 2. The summed E-state index contributed by atoms with van der Waals surface area (Å²) in [6.07, 6.45) is 17.6. The molecule has 0 spiro atoms. The van der Waals surface area contributed by atoms with Crippen LogP contribution in [0.5, 0.6) is 0 Å². The van der Waals surface area contributed by atoms with E-state index in [2.05, 4.69) is 114 Å². The van der Waals surface area contributed by atoms with Crippen LogP contribution in [0, 0.1) is 23.5 Å². The maximum Gasteiger partial charge on any atom is 0.261 e. The molecule has 4 aromatic heterocycles. The fourth-order valence-electron chi connectivity index (χ4n) is 17.0. The highest BCUT2D eigenvalue weighted by Crippen LogP contribution is 2.57. The van der Waals surface area contributed by atoms with Gasteiger partial charge in [-0.1, -0.05) is 192 Å². The first-order valence-electron chi connectivity index (χ1n) is 36.4. The van der Waals surface area contributed by atoms with Gasteiger partial charge in [-0.15, -0.1) is 22.7 Å². The third kappa shape index (κ3) is 10.5. The zero-order valence-corrected chi connectivity index (χ0v) is 61.2. The summed E-state index contributed by atoms with van der Waals surface area (Å²) in [4.78, 5) is 63.0. The molecule has 508 valence electrons. The number of rotatable bonds is 26. The Morgan fingerprint density at radius 1 is 0.380 bits per heavy atom. The number of carbonyl (C=O) groups is 4. The normalized spacial score (nSPS) is 14.9. The molecule has 16 heteroatoms. The summed E-state index contributed by atoms with van der Waals surface area (Å²) < 4.78 is 57.2. The number of carbonyl (C=O) groups excluding carboxylic acids is 4. The highest BCUT2D eigenvalue weighted by atomic mass is 32.1. The van der Waals surface area contributed by atoms with Crippen LogP contribution in [0.25, 0.3) is 141 Å². The summed E-state index contributed by atoms with van der Waals surface area (Å²) in [5.74, 6) is -1.44. The van der Waals surface area contributed by atoms with Crippen LogP contribution in [0.4, 0.5) is 8.78 Å². The van der Waals surface area contributed by atoms with E-state index < -0.39 is 11.6 Å². The Labute approximate surface area is 598 Å². The number of nitrogens with zero attached hydrogens (tertiary/aromatic N) is 6. The molecule has 4 aliphatic rings. The predicted molar refractivity (Wildman–Crippen MR) is 409 cm³/mol. The van der Waals surface area contributed by atoms with Gasteiger partial charge in [-0.2, -0.15) is 17.5 Å². The van der Waals surface area contributed by atoms with Crippen molar-refractivity contribution in [2.24, 2.45) is 11.8 Å². The van der Waals surface area contributed by atoms with Crippen LogP contribution in [0.1, 0.15) is 211 Å². The standard InChI is InChI=1S/C84H80F2N6O4S4/c1-9-15-19-23-43(7)91-81(93)61-39-57-51-29-21-27-49-55(33-31-53(67(49)51)59(57)41-63(61)83(91)95)79-47(35-45(13-5)25-17-11-3)37-65(97-79)69-73(85)71-72(77-75(69)87-99-89-77)74(86)70(76-78(71)90-100-88-76)66-38-48(36-46(14-6)26-18-12-4)80(98-66)56-34-32-54-60-42-64-62(40-58(60)52-30-22-28-50(56)68(52)54)82(94)92(84(64)96)44(8)24-20-16-10-2/h21-22,27-34,37-46H,9-20,23-26,35-36H2,1-8H3. The van der Waals surface area contributed by atoms with E-state index >= 15 is 8.78 Å². The number of amides is 4. The van der Waals surface area contributed by atoms with Crippen molar-refractivity contribution in [3.63, 3.8) is 0 Å². The molecular formula is C84H80F2N6O4S4. The molecule has 2 aliphatic carbocycles. The number of fused-ring (bicyclic) bond motifs is 13. The van der Waals surface area contributed by atoms with Gasteiger partial charge in [0.25, 0.3) is 23.6 Å². The average Bonchev–Trinajstić information content (AvgIpc) is 1.45. The van der Waals surface area contributed by atoms with Crippen LogP contribution in [0.2, 0.25) is 0 Å². The summed E-state index contributed by atoms with van der Waals surface area (Å²) >= 11 is 4.95. The third-order valence-electron chi connectivity index (χ3n) is 22.4. The minimum atomic E-state index is -0.617. The Balaban J connectivity index is 0.812. The van der Waals surface area contributed by atoms with Crippen LogP contribution in [0.3, 0.4) is 0 Å². The molecule has 0 N–H and O–H groups in total. The highest BCUT2D eigenvalue weighted by Gasteiger charge is 2.43. The van der Waals surface area contributed by atoms with E-state index in [1.165, 1.54) is 32.5 Å². The molecular weight excluding hydrogens is 1320 g/mol. The van der Waals surface area contributed by atoms with Crippen LogP contribution < -0.4 is 0 Å². The molecule has 16 rings (SSSR count). The van der Waals surface area contributed by atoms with Crippen LogP contribution >= 0.6 is 46.1 Å². The Morgan fingerprint density at radius 3 is 1.09 bits per heavy atom. The van der Waals surface area contributed by atoms with Gasteiger partial charge in [-0.25, -0.2) is 8.78 Å². The second-order valence-electron chi connectivity index (χ2n) is 28.5. The zero-order chi connectivity index (χ0) is 69.1. The smallest absolute Gasteiger partial charge is 0.261 e. The second-order valence-corrected chi connectivity index (χ2v) is 31.7. The third-order valence-corrected chi connectivity index (χ3v) is 26.0. The minimum Gasteiger partial charge on any atom is -0.272 e. The molecule has 0 bridgehead atoms. The number of aromatic nitrogens is 4. The van der Waals surface area contributed by atoms with Gasteiger partial charge >= 0.3 is 0 Å². The van der Waals surface area contributed by atoms with Gasteiger partial charge in [-0.3, -0.25) is 29.0 Å². The quantitative estimate of drug-likeness (QED) is 0.0388. The molecule has 12 aromatic rings. The molecule has 100 heavy (non-hydrogen) atoms. The molecule has 4 unspecified atom stereocenters. The maximum atomic E-state index is 18.9. The van der Waals surface area contributed by atoms with Crippen LogP contribution in [-0.4, -0.2) is 63.0 Å². The molecule has 6 heterocycles. The van der Waals surface area contributed by atoms with Crippen molar-refractivity contribution < 1.29 is 28.0 Å². The first-order valence-corrected chi connectivity index (χ1v) is 39.5. The summed E-state index contributed by atoms with van der Waals surface area (Å²) in [5.41, 5.74) is 15.4. The molecule has 0 saturated heterocycles. The summed E-state index contributed by atoms with van der Waals surface area (Å²) in [7, 11) is 0. The first kappa shape index (κ1) is 66.3. The maximum absolute atomic E-state index is 18.9. The molecule has 4 amide bonds. The lowest BCUT2D eigenvalue weighted by molar-refractivity contribution is 0.0572. The van der Waals surface area contributed by atoms with Gasteiger partial charge in [0.2, 0.25) is 0 Å². The monoisotopic (exact) mass is 1400 g/mol. The first-order chi connectivity index (χ1) is 48.7. The molecule has 2 aliphatic heterocycles. The van der Waals surface area contributed by atoms with E-state index in [1.54, 1.807) is 0 Å². The Hall–Kier alpha value is -8.28. The Morgan fingerprint density at radius 2 is 0.730 bits per heavy atom. The van der Waals surface area contributed by atoms with Gasteiger partial charge in [0, 0.05) is 31.6 Å². The summed E-state index contributed by atoms with van der Waals surface area (Å²) in [5, 5.41) is 4.21. The van der Waals surface area contributed by atoms with Gasteiger partial charge in [0.15, 0.2) is 0 Å². The lowest BCUT2D eigenvalue weighted by Gasteiger charge is -2.22. The average molecular weight is 1400 g/mol. The molecule has 0 saturated carbocycles. The SMILES string of the molecule is CCCCCC(C)N1C(=O)c2cc3c(cc2C1=O)-c1ccc(-c2sc(-c4c(F)c5c6nsnc6c(-c6cc(CC(CC)CCCC)c(-c7ccc8c9c(cccc79)-c7cc9c(cc7-8)C(=O)N(C(C)CCCCC)C9=O)s6)c(F)c5c5nsnc45)cc2CC(CC)CCCC)c2cccc-3c12. The van der Waals surface area contributed by atoms with Crippen molar-refractivity contribution in [1.82, 2.24) is 27.3 Å². The highest BCUT2D eigenvalue weighted by molar-refractivity contribution is 7.19. The fraction of sp³-hybridized carbons (Fsp3) is 0.357. The number of hydrogen-bond donors (Lipinski definition) is 0. The topological polar surface area (TPSA) is 126 Å². The van der Waals surface area contributed by atoms with E-state index in [9.17, 15) is 19.2 Å². The number of halogens is 2. The van der Waals surface area contributed by atoms with E-state index in [0.717, 1.165) is 237 Å². The van der Waals surface area contributed by atoms with Crippen LogP contribution in [0.15, 0.2) is 97.1 Å². The van der Waals surface area contributed by atoms with Crippen molar-refractivity contribution in [1.29, 1.82) is 0 Å². The van der Waals surface area contributed by atoms with Crippen molar-refractivity contribution in [2.45, 2.75) is 183 Å². The molecule has 4 atom stereocenters. The van der Waals surface area contributed by atoms with Crippen molar-refractivity contribution in [3.8, 4) is 86.3 Å². The lowest BCUT2D eigenvalue weighted by atomic mass is 9.89. The van der Waals surface area contributed by atoms with E-state index in [4.69, 9.17) is 17.5 Å². The van der Waals surface area contributed by atoms with Gasteiger partial charge in [0.1, 0.15) is 33.7 Å². The van der Waals surface area contributed by atoms with Gasteiger partial charge in [-0.05, 0) is 176 Å². The summed E-state index contributed by atoms with van der Waals surface area (Å²) in [6, 6.07) is 32.9. The number of unbranched alkanes of at least 4 members (excludes halogenated alkanes) is 6. The molecule has 0 fully saturated rings. The summed E-state index contributed by atoms with van der Waals surface area (Å²) in [6.45, 7) is 17.2. The lowest BCUT2D eigenvalue weighted by Crippen LogP contribution is -2.37. The largest absolute Gasteiger partial charge is 0.272 e. The van der Waals surface area contributed by atoms with Crippen LogP contribution in [-0.2, 0) is 12.8 Å². The van der Waals surface area contributed by atoms with Crippen molar-refractivity contribution >= 4 is 124 Å². The predicted octanol–water partition coefficient (Wildman–Crippen LogP) is 24.2.